The number of hydrogen-bond acceptors (Lipinski definition) is 6. The first-order chi connectivity index (χ1) is 14.1. The molecule has 2 aromatic rings. The van der Waals surface area contributed by atoms with Crippen LogP contribution in [0.5, 0.6) is 5.75 Å². The van der Waals surface area contributed by atoms with Gasteiger partial charge in [0, 0.05) is 12.1 Å². The molecule has 0 fully saturated rings. The summed E-state index contributed by atoms with van der Waals surface area (Å²) in [5, 5.41) is 32.1. The summed E-state index contributed by atoms with van der Waals surface area (Å²) in [6.45, 7) is 1.38. The third-order valence-corrected chi connectivity index (χ3v) is 4.70. The van der Waals surface area contributed by atoms with Gasteiger partial charge >= 0.3 is 5.97 Å². The average molecular weight is 402 g/mol. The lowest BCUT2D eigenvalue weighted by Gasteiger charge is -2.14. The number of ether oxygens (including phenoxy) is 1. The summed E-state index contributed by atoms with van der Waals surface area (Å²) >= 11 is 0. The number of carbonyl (C=O) groups is 1. The van der Waals surface area contributed by atoms with Crippen LogP contribution in [0, 0.1) is 0 Å². The van der Waals surface area contributed by atoms with Gasteiger partial charge in [-0.2, -0.15) is 0 Å². The molecule has 0 aromatic heterocycles. The highest BCUT2D eigenvalue weighted by molar-refractivity contribution is 5.72. The van der Waals surface area contributed by atoms with Crippen LogP contribution in [0.25, 0.3) is 0 Å². The quantitative estimate of drug-likeness (QED) is 0.304. The van der Waals surface area contributed by atoms with E-state index in [0.29, 0.717) is 30.7 Å². The normalized spacial score (nSPS) is 11.9. The lowest BCUT2D eigenvalue weighted by Crippen LogP contribution is -2.22. The van der Waals surface area contributed by atoms with Crippen LogP contribution in [0.4, 0.5) is 0 Å². The van der Waals surface area contributed by atoms with Crippen molar-refractivity contribution in [3.8, 4) is 5.75 Å². The predicted molar refractivity (Wildman–Crippen MR) is 111 cm³/mol. The zero-order valence-electron chi connectivity index (χ0n) is 16.7. The molecule has 29 heavy (non-hydrogen) atoms. The van der Waals surface area contributed by atoms with Crippen LogP contribution in [0.15, 0.2) is 48.5 Å². The van der Waals surface area contributed by atoms with Gasteiger partial charge in [-0.25, -0.2) is 0 Å². The Bertz CT molecular complexity index is 735. The second-order valence-electron chi connectivity index (χ2n) is 7.06. The molecule has 0 spiro atoms. The molecular formula is C23H31NO5. The van der Waals surface area contributed by atoms with Crippen molar-refractivity contribution in [2.45, 2.75) is 44.8 Å². The van der Waals surface area contributed by atoms with E-state index in [1.54, 1.807) is 12.1 Å². The van der Waals surface area contributed by atoms with Gasteiger partial charge in [-0.05, 0) is 42.6 Å². The number of nitrogens with one attached hydrogen (secondary N) is 1. The Hall–Kier alpha value is -2.41. The van der Waals surface area contributed by atoms with Crippen LogP contribution in [-0.4, -0.2) is 41.0 Å². The Kier molecular flexibility index (Phi) is 10.2. The smallest absolute Gasteiger partial charge is 0.310 e. The zero-order chi connectivity index (χ0) is 20.9. The Morgan fingerprint density at radius 1 is 1.03 bits per heavy atom. The van der Waals surface area contributed by atoms with Crippen LogP contribution >= 0.6 is 0 Å². The fourth-order valence-corrected chi connectivity index (χ4v) is 3.00. The number of carbonyl (C=O) groups excluding carboxylic acids is 1. The van der Waals surface area contributed by atoms with Crippen LogP contribution in [0.2, 0.25) is 0 Å². The maximum Gasteiger partial charge on any atom is 0.310 e. The van der Waals surface area contributed by atoms with Crippen molar-refractivity contribution in [1.82, 2.24) is 5.32 Å². The molecule has 1 unspecified atom stereocenters. The van der Waals surface area contributed by atoms with Gasteiger partial charge in [-0.15, -0.1) is 0 Å². The molecule has 6 nitrogen and oxygen atoms in total. The molecule has 2 aromatic carbocycles. The van der Waals surface area contributed by atoms with Gasteiger partial charge in [0.05, 0.1) is 25.7 Å². The number of phenols is 1. The van der Waals surface area contributed by atoms with Crippen molar-refractivity contribution < 1.29 is 24.9 Å². The minimum absolute atomic E-state index is 0.0298. The van der Waals surface area contributed by atoms with Crippen LogP contribution in [-0.2, 0) is 22.6 Å². The first-order valence-electron chi connectivity index (χ1n) is 10.1. The highest BCUT2D eigenvalue weighted by Gasteiger charge is 2.10. The van der Waals surface area contributed by atoms with E-state index in [0.717, 1.165) is 37.8 Å². The fourth-order valence-electron chi connectivity index (χ4n) is 3.00. The molecule has 0 aliphatic rings. The number of aromatic hydroxyl groups is 1. The summed E-state index contributed by atoms with van der Waals surface area (Å²) in [6.07, 6.45) is 3.45. The van der Waals surface area contributed by atoms with E-state index in [2.05, 4.69) is 5.32 Å². The van der Waals surface area contributed by atoms with Crippen LogP contribution in [0.3, 0.4) is 0 Å². The molecule has 0 aliphatic heterocycles. The maximum absolute atomic E-state index is 11.7. The molecule has 0 bridgehead atoms. The Morgan fingerprint density at radius 3 is 2.55 bits per heavy atom. The van der Waals surface area contributed by atoms with E-state index < -0.39 is 6.10 Å². The number of hydrogen-bond donors (Lipinski definition) is 4. The summed E-state index contributed by atoms with van der Waals surface area (Å²) < 4.78 is 5.26. The lowest BCUT2D eigenvalue weighted by molar-refractivity contribution is -0.142. The molecule has 0 heterocycles. The molecule has 2 rings (SSSR count). The van der Waals surface area contributed by atoms with E-state index in [4.69, 9.17) is 4.74 Å². The standard InChI is InChI=1S/C23H31NO5/c25-17-20-15-19(10-11-21(20)26)22(27)16-24-12-6-1-2-7-13-29-23(28)14-18-8-4-3-5-9-18/h3-5,8-11,15,22,24-27H,1-2,6-7,12-14,16-17H2. The second-order valence-corrected chi connectivity index (χ2v) is 7.06. The van der Waals surface area contributed by atoms with E-state index in [-0.39, 0.29) is 18.3 Å². The zero-order valence-corrected chi connectivity index (χ0v) is 16.7. The van der Waals surface area contributed by atoms with Gasteiger partial charge in [0.25, 0.3) is 0 Å². The number of esters is 1. The van der Waals surface area contributed by atoms with Crippen molar-refractivity contribution in [2.75, 3.05) is 19.7 Å². The monoisotopic (exact) mass is 401 g/mol. The number of aliphatic hydroxyl groups excluding tert-OH is 2. The van der Waals surface area contributed by atoms with E-state index in [1.807, 2.05) is 30.3 Å². The number of unbranched alkanes of at least 4 members (excludes halogenated alkanes) is 3. The molecule has 4 N–H and O–H groups in total. The minimum Gasteiger partial charge on any atom is -0.508 e. The van der Waals surface area contributed by atoms with Crippen molar-refractivity contribution in [1.29, 1.82) is 0 Å². The molecule has 6 heteroatoms. The topological polar surface area (TPSA) is 99.0 Å². The minimum atomic E-state index is -0.690. The lowest BCUT2D eigenvalue weighted by atomic mass is 10.1. The third kappa shape index (κ3) is 8.64. The van der Waals surface area contributed by atoms with E-state index in [1.165, 1.54) is 6.07 Å². The van der Waals surface area contributed by atoms with Gasteiger partial charge < -0.3 is 25.4 Å². The van der Waals surface area contributed by atoms with Gasteiger partial charge in [0.2, 0.25) is 0 Å². The van der Waals surface area contributed by atoms with Crippen LogP contribution in [0.1, 0.15) is 48.5 Å². The number of aliphatic hydroxyl groups is 2. The summed E-state index contributed by atoms with van der Waals surface area (Å²) in [6, 6.07) is 14.3. The van der Waals surface area contributed by atoms with Gasteiger partial charge in [0.1, 0.15) is 5.75 Å². The van der Waals surface area contributed by atoms with Crippen molar-refractivity contribution >= 4 is 5.97 Å². The second kappa shape index (κ2) is 12.9. The van der Waals surface area contributed by atoms with Crippen LogP contribution < -0.4 is 5.32 Å². The summed E-state index contributed by atoms with van der Waals surface area (Å²) in [4.78, 5) is 11.7. The fraction of sp³-hybridized carbons (Fsp3) is 0.435. The molecule has 0 saturated heterocycles. The first kappa shape index (κ1) is 22.9. The average Bonchev–Trinajstić information content (AvgIpc) is 2.73. The summed E-state index contributed by atoms with van der Waals surface area (Å²) in [5.41, 5.74) is 2.04. The van der Waals surface area contributed by atoms with Gasteiger partial charge in [-0.3, -0.25) is 4.79 Å². The number of rotatable bonds is 13. The molecule has 0 aliphatic carbocycles. The SMILES string of the molecule is O=C(Cc1ccccc1)OCCCCCCNCC(O)c1ccc(O)c(CO)c1. The summed E-state index contributed by atoms with van der Waals surface area (Å²) in [5.74, 6) is -0.160. The summed E-state index contributed by atoms with van der Waals surface area (Å²) in [7, 11) is 0. The molecule has 0 radical (unpaired) electrons. The van der Waals surface area contributed by atoms with Crippen molar-refractivity contribution in [3.05, 3.63) is 65.2 Å². The molecule has 0 amide bonds. The van der Waals surface area contributed by atoms with Crippen molar-refractivity contribution in [2.24, 2.45) is 0 Å². The molecule has 0 saturated carbocycles. The molecular weight excluding hydrogens is 370 g/mol. The highest BCUT2D eigenvalue weighted by atomic mass is 16.5. The first-order valence-corrected chi connectivity index (χ1v) is 10.1. The maximum atomic E-state index is 11.7. The highest BCUT2D eigenvalue weighted by Crippen LogP contribution is 2.22. The predicted octanol–water partition coefficient (Wildman–Crippen LogP) is 2.85. The molecule has 1 atom stereocenters. The Morgan fingerprint density at radius 2 is 1.79 bits per heavy atom. The largest absolute Gasteiger partial charge is 0.508 e. The van der Waals surface area contributed by atoms with Crippen molar-refractivity contribution in [3.63, 3.8) is 0 Å². The van der Waals surface area contributed by atoms with Gasteiger partial charge in [0.15, 0.2) is 0 Å². The molecule has 158 valence electrons. The van der Waals surface area contributed by atoms with Gasteiger partial charge in [-0.1, -0.05) is 49.2 Å². The van der Waals surface area contributed by atoms with E-state index >= 15 is 0 Å². The third-order valence-electron chi connectivity index (χ3n) is 4.70. The number of benzene rings is 2. The Labute approximate surface area is 172 Å². The van der Waals surface area contributed by atoms with E-state index in [9.17, 15) is 20.1 Å². The Balaban J connectivity index is 1.48.